The molecule has 0 unspecified atom stereocenters. The second-order valence-electron chi connectivity index (χ2n) is 4.34. The molecule has 1 amide bonds. The van der Waals surface area contributed by atoms with Gasteiger partial charge >= 0.3 is 6.09 Å². The predicted octanol–water partition coefficient (Wildman–Crippen LogP) is 1.84. The van der Waals surface area contributed by atoms with Gasteiger partial charge in [-0.1, -0.05) is 0 Å². The minimum absolute atomic E-state index is 0.142. The third-order valence-electron chi connectivity index (χ3n) is 2.78. The van der Waals surface area contributed by atoms with E-state index in [1.165, 1.54) is 22.7 Å². The maximum Gasteiger partial charge on any atom is 0.407 e. The first-order valence-corrected chi connectivity index (χ1v) is 7.33. The minimum Gasteiger partial charge on any atom is -0.465 e. The predicted molar refractivity (Wildman–Crippen MR) is 77.5 cm³/mol. The van der Waals surface area contributed by atoms with E-state index >= 15 is 0 Å². The number of halogens is 1. The van der Waals surface area contributed by atoms with Gasteiger partial charge < -0.3 is 24.4 Å². The molecule has 0 atom stereocenters. The molecule has 0 spiro atoms. The molecule has 0 radical (unpaired) electrons. The second kappa shape index (κ2) is 7.32. The first kappa shape index (κ1) is 15.6. The van der Waals surface area contributed by atoms with E-state index in [1.807, 2.05) is 11.9 Å². The zero-order valence-electron chi connectivity index (χ0n) is 11.4. The zero-order chi connectivity index (χ0) is 15.2. The van der Waals surface area contributed by atoms with Crippen LogP contribution in [0.4, 0.5) is 9.93 Å². The molecule has 1 aromatic rings. The molecule has 8 nitrogen and oxygen atoms in total. The normalized spacial score (nSPS) is 13.3. The van der Waals surface area contributed by atoms with Crippen LogP contribution in [0.25, 0.3) is 0 Å². The van der Waals surface area contributed by atoms with Crippen molar-refractivity contribution < 1.29 is 19.4 Å². The number of hydrogen-bond acceptors (Lipinski definition) is 7. The van der Waals surface area contributed by atoms with E-state index in [4.69, 9.17) is 21.1 Å². The molecule has 1 aromatic heterocycles. The summed E-state index contributed by atoms with van der Waals surface area (Å²) in [7, 11) is 1.86. The Morgan fingerprint density at radius 3 is 2.95 bits per heavy atom. The van der Waals surface area contributed by atoms with E-state index < -0.39 is 6.09 Å². The smallest absolute Gasteiger partial charge is 0.407 e. The molecular formula is C11H15ClN4O4S. The van der Waals surface area contributed by atoms with Crippen LogP contribution in [0.3, 0.4) is 0 Å². The maximum absolute atomic E-state index is 11.2. The molecule has 1 aliphatic rings. The van der Waals surface area contributed by atoms with Crippen molar-refractivity contribution >= 4 is 34.4 Å². The van der Waals surface area contributed by atoms with Crippen molar-refractivity contribution in [3.63, 3.8) is 0 Å². The molecule has 21 heavy (non-hydrogen) atoms. The quantitative estimate of drug-likeness (QED) is 0.813. The van der Waals surface area contributed by atoms with Gasteiger partial charge in [-0.2, -0.15) is 9.36 Å². The lowest BCUT2D eigenvalue weighted by Gasteiger charge is -2.21. The average molecular weight is 335 g/mol. The van der Waals surface area contributed by atoms with Crippen molar-refractivity contribution in [1.82, 2.24) is 14.3 Å². The Morgan fingerprint density at radius 1 is 1.57 bits per heavy atom. The van der Waals surface area contributed by atoms with Crippen molar-refractivity contribution in [3.8, 4) is 0 Å². The van der Waals surface area contributed by atoms with Crippen LogP contribution in [0, 0.1) is 0 Å². The fourth-order valence-electron chi connectivity index (χ4n) is 1.73. The van der Waals surface area contributed by atoms with E-state index in [-0.39, 0.29) is 18.6 Å². The fraction of sp³-hybridized carbons (Fsp3) is 0.545. The Labute approximate surface area is 130 Å². The SMILES string of the molecule is CN(CCCN(CC1=COCO1)C(=O)O)c1nc(Cl)ns1. The Kier molecular flexibility index (Phi) is 5.45. The Balaban J connectivity index is 1.77. The standard InChI is InChI=1S/C11H15ClN4O4S/c1-15(10-13-9(12)14-21-10)3-2-4-16(11(17)18)5-8-6-19-7-20-8/h6H,2-5,7H2,1H3,(H,17,18). The van der Waals surface area contributed by atoms with Crippen LogP contribution in [0.5, 0.6) is 0 Å². The third-order valence-corrected chi connectivity index (χ3v) is 3.88. The summed E-state index contributed by atoms with van der Waals surface area (Å²) in [5, 5.41) is 10.1. The molecule has 0 saturated heterocycles. The molecule has 1 aliphatic heterocycles. The molecule has 0 bridgehead atoms. The number of nitrogens with zero attached hydrogens (tertiary/aromatic N) is 4. The fourth-order valence-corrected chi connectivity index (χ4v) is 2.52. The van der Waals surface area contributed by atoms with E-state index in [0.29, 0.717) is 30.4 Å². The van der Waals surface area contributed by atoms with Crippen LogP contribution >= 0.6 is 23.1 Å². The largest absolute Gasteiger partial charge is 0.465 e. The van der Waals surface area contributed by atoms with Crippen molar-refractivity contribution in [1.29, 1.82) is 0 Å². The van der Waals surface area contributed by atoms with Gasteiger partial charge in [0.25, 0.3) is 0 Å². The summed E-state index contributed by atoms with van der Waals surface area (Å²) in [4.78, 5) is 18.4. The summed E-state index contributed by atoms with van der Waals surface area (Å²) in [6, 6.07) is 0. The molecular weight excluding hydrogens is 320 g/mol. The summed E-state index contributed by atoms with van der Waals surface area (Å²) in [5.41, 5.74) is 0. The van der Waals surface area contributed by atoms with Crippen molar-refractivity contribution in [3.05, 3.63) is 17.3 Å². The number of aromatic nitrogens is 2. The second-order valence-corrected chi connectivity index (χ2v) is 5.41. The highest BCUT2D eigenvalue weighted by molar-refractivity contribution is 7.09. The van der Waals surface area contributed by atoms with E-state index in [9.17, 15) is 9.90 Å². The van der Waals surface area contributed by atoms with E-state index in [2.05, 4.69) is 9.36 Å². The van der Waals surface area contributed by atoms with Gasteiger partial charge in [-0.25, -0.2) is 4.79 Å². The van der Waals surface area contributed by atoms with Crippen molar-refractivity contribution in [2.45, 2.75) is 6.42 Å². The monoisotopic (exact) mass is 334 g/mol. The van der Waals surface area contributed by atoms with Crippen LogP contribution in [0.15, 0.2) is 12.0 Å². The summed E-state index contributed by atoms with van der Waals surface area (Å²) >= 11 is 6.88. The molecule has 116 valence electrons. The molecule has 10 heteroatoms. The van der Waals surface area contributed by atoms with Gasteiger partial charge in [-0.15, -0.1) is 0 Å². The molecule has 1 N–H and O–H groups in total. The van der Waals surface area contributed by atoms with Gasteiger partial charge in [0.05, 0.1) is 6.54 Å². The Bertz CT molecular complexity index is 524. The van der Waals surface area contributed by atoms with E-state index in [1.54, 1.807) is 0 Å². The maximum atomic E-state index is 11.2. The van der Waals surface area contributed by atoms with Crippen LogP contribution < -0.4 is 4.90 Å². The van der Waals surface area contributed by atoms with Crippen LogP contribution in [0.2, 0.25) is 5.28 Å². The number of amides is 1. The molecule has 0 aliphatic carbocycles. The lowest BCUT2D eigenvalue weighted by Crippen LogP contribution is -2.34. The number of rotatable bonds is 7. The number of anilines is 1. The highest BCUT2D eigenvalue weighted by Gasteiger charge is 2.17. The number of carboxylic acid groups (broad SMARTS) is 1. The van der Waals surface area contributed by atoms with Gasteiger partial charge in [0.15, 0.2) is 5.76 Å². The number of ether oxygens (including phenoxy) is 2. The molecule has 0 aromatic carbocycles. The topological polar surface area (TPSA) is 88.0 Å². The number of hydrogen-bond donors (Lipinski definition) is 1. The lowest BCUT2D eigenvalue weighted by molar-refractivity contribution is 0.0713. The summed E-state index contributed by atoms with van der Waals surface area (Å²) in [6.07, 6.45) is 1.09. The minimum atomic E-state index is -0.993. The van der Waals surface area contributed by atoms with Gasteiger partial charge in [-0.05, 0) is 18.0 Å². The summed E-state index contributed by atoms with van der Waals surface area (Å²) < 4.78 is 13.9. The molecule has 0 fully saturated rings. The first-order chi connectivity index (χ1) is 10.1. The molecule has 2 heterocycles. The van der Waals surface area contributed by atoms with Crippen molar-refractivity contribution in [2.24, 2.45) is 0 Å². The summed E-state index contributed by atoms with van der Waals surface area (Å²) in [5.74, 6) is 0.515. The van der Waals surface area contributed by atoms with Crippen LogP contribution in [-0.2, 0) is 9.47 Å². The van der Waals surface area contributed by atoms with E-state index in [0.717, 1.165) is 0 Å². The van der Waals surface area contributed by atoms with Gasteiger partial charge in [-0.3, -0.25) is 0 Å². The van der Waals surface area contributed by atoms with Gasteiger partial charge in [0.1, 0.15) is 6.26 Å². The van der Waals surface area contributed by atoms with Crippen LogP contribution in [-0.4, -0.2) is 58.9 Å². The third kappa shape index (κ3) is 4.64. The Morgan fingerprint density at radius 2 is 2.38 bits per heavy atom. The number of carbonyl (C=O) groups is 1. The lowest BCUT2D eigenvalue weighted by atomic mass is 10.3. The average Bonchev–Trinajstić information content (AvgIpc) is 3.08. The van der Waals surface area contributed by atoms with Crippen LogP contribution in [0.1, 0.15) is 6.42 Å². The van der Waals surface area contributed by atoms with Gasteiger partial charge in [0, 0.05) is 31.7 Å². The highest BCUT2D eigenvalue weighted by Crippen LogP contribution is 2.18. The zero-order valence-corrected chi connectivity index (χ0v) is 12.9. The summed E-state index contributed by atoms with van der Waals surface area (Å²) in [6.45, 7) is 1.35. The first-order valence-electron chi connectivity index (χ1n) is 6.18. The highest BCUT2D eigenvalue weighted by atomic mass is 35.5. The molecule has 0 saturated carbocycles. The Hall–Kier alpha value is -1.74. The van der Waals surface area contributed by atoms with Gasteiger partial charge in [0.2, 0.25) is 17.2 Å². The van der Waals surface area contributed by atoms with Crippen molar-refractivity contribution in [2.75, 3.05) is 38.4 Å². The molecule has 2 rings (SSSR count).